The van der Waals surface area contributed by atoms with Gasteiger partial charge in [-0.2, -0.15) is 13.2 Å². The third kappa shape index (κ3) is 3.62. The lowest BCUT2D eigenvalue weighted by Crippen LogP contribution is -2.37. The highest BCUT2D eigenvalue weighted by Gasteiger charge is 2.48. The Morgan fingerprint density at radius 1 is 1.25 bits per heavy atom. The predicted octanol–water partition coefficient (Wildman–Crippen LogP) is 3.04. The van der Waals surface area contributed by atoms with Crippen molar-refractivity contribution in [3.8, 4) is 0 Å². The molecular weight excluding hydrogens is 415 g/mol. The van der Waals surface area contributed by atoms with Crippen LogP contribution in [0.1, 0.15) is 29.8 Å². The van der Waals surface area contributed by atoms with E-state index in [1.54, 1.807) is 4.72 Å². The molecule has 0 unspecified atom stereocenters. The van der Waals surface area contributed by atoms with Crippen LogP contribution in [0.4, 0.5) is 13.2 Å². The van der Waals surface area contributed by atoms with Gasteiger partial charge in [0, 0.05) is 16.6 Å². The number of benzene rings is 1. The van der Waals surface area contributed by atoms with Crippen molar-refractivity contribution in [3.63, 3.8) is 0 Å². The van der Waals surface area contributed by atoms with Gasteiger partial charge in [0.1, 0.15) is 0 Å². The Hall–Kier alpha value is -0.680. The number of hydrogen-bond donors (Lipinski definition) is 1. The van der Waals surface area contributed by atoms with Crippen molar-refractivity contribution in [2.75, 3.05) is 19.8 Å². The molecule has 3 rings (SSSR count). The molecule has 2 atom stereocenters. The van der Waals surface area contributed by atoms with Gasteiger partial charge in [0.2, 0.25) is 0 Å². The fraction of sp³-hybridized carbons (Fsp3) is 0.571. The van der Waals surface area contributed by atoms with E-state index in [0.717, 1.165) is 15.6 Å². The Bertz CT molecular complexity index is 719. The maximum absolute atomic E-state index is 12.4. The third-order valence-electron chi connectivity index (χ3n) is 4.11. The Morgan fingerprint density at radius 3 is 2.54 bits per heavy atom. The lowest BCUT2D eigenvalue weighted by atomic mass is 10.0. The molecule has 1 saturated carbocycles. The summed E-state index contributed by atoms with van der Waals surface area (Å²) < 4.78 is 72.7. The molecule has 24 heavy (non-hydrogen) atoms. The van der Waals surface area contributed by atoms with Crippen molar-refractivity contribution in [1.29, 1.82) is 0 Å². The van der Waals surface area contributed by atoms with Crippen LogP contribution in [0, 0.1) is 5.92 Å². The van der Waals surface area contributed by atoms with Gasteiger partial charge < -0.3 is 9.47 Å². The normalized spacial score (nSPS) is 25.2. The number of alkyl halides is 3. The monoisotopic (exact) mass is 429 g/mol. The molecular formula is C14H15BrF3NO4S. The molecule has 134 valence electrons. The van der Waals surface area contributed by atoms with E-state index in [1.807, 2.05) is 18.2 Å². The first-order valence-electron chi connectivity index (χ1n) is 7.28. The zero-order valence-corrected chi connectivity index (χ0v) is 14.7. The van der Waals surface area contributed by atoms with E-state index >= 15 is 0 Å². The third-order valence-corrected chi connectivity index (χ3v) is 5.95. The van der Waals surface area contributed by atoms with Gasteiger partial charge in [0.15, 0.2) is 6.29 Å². The SMILES string of the molecule is O=S(=O)(NC[C@@H]1C[C@@H]1c1cccc(Br)c1C1OCCO1)C(F)(F)F. The summed E-state index contributed by atoms with van der Waals surface area (Å²) in [4.78, 5) is 0. The summed E-state index contributed by atoms with van der Waals surface area (Å²) in [6, 6.07) is 5.54. The highest BCUT2D eigenvalue weighted by atomic mass is 79.9. The van der Waals surface area contributed by atoms with Crippen molar-refractivity contribution in [3.05, 3.63) is 33.8 Å². The smallest absolute Gasteiger partial charge is 0.346 e. The number of sulfonamides is 1. The molecule has 0 aromatic heterocycles. The molecule has 2 aliphatic rings. The quantitative estimate of drug-likeness (QED) is 0.780. The second-order valence-electron chi connectivity index (χ2n) is 5.72. The van der Waals surface area contributed by atoms with Gasteiger partial charge in [-0.3, -0.25) is 0 Å². The minimum absolute atomic E-state index is 0.0266. The van der Waals surface area contributed by atoms with Crippen LogP contribution in [0.3, 0.4) is 0 Å². The maximum atomic E-state index is 12.4. The number of halogens is 4. The van der Waals surface area contributed by atoms with Crippen molar-refractivity contribution in [2.45, 2.75) is 24.1 Å². The van der Waals surface area contributed by atoms with Gasteiger partial charge >= 0.3 is 15.5 Å². The number of ether oxygens (including phenoxy) is 2. The summed E-state index contributed by atoms with van der Waals surface area (Å²) in [6.45, 7) is 0.709. The van der Waals surface area contributed by atoms with Crippen LogP contribution in [0.2, 0.25) is 0 Å². The summed E-state index contributed by atoms with van der Waals surface area (Å²) in [5, 5.41) is 0. The summed E-state index contributed by atoms with van der Waals surface area (Å²) in [7, 11) is -5.30. The van der Waals surface area contributed by atoms with E-state index in [0.29, 0.717) is 19.6 Å². The summed E-state index contributed by atoms with van der Waals surface area (Å²) in [6.07, 6.45) is 0.0972. The van der Waals surface area contributed by atoms with Crippen molar-refractivity contribution >= 4 is 26.0 Å². The lowest BCUT2D eigenvalue weighted by molar-refractivity contribution is -0.0453. The second-order valence-corrected chi connectivity index (χ2v) is 8.33. The van der Waals surface area contributed by atoms with E-state index in [2.05, 4.69) is 15.9 Å². The van der Waals surface area contributed by atoms with E-state index < -0.39 is 21.8 Å². The molecule has 0 spiro atoms. The van der Waals surface area contributed by atoms with Crippen LogP contribution >= 0.6 is 15.9 Å². The molecule has 5 nitrogen and oxygen atoms in total. The molecule has 10 heteroatoms. The molecule has 1 N–H and O–H groups in total. The first-order valence-corrected chi connectivity index (χ1v) is 9.56. The summed E-state index contributed by atoms with van der Waals surface area (Å²) in [5.74, 6) is -0.210. The zero-order chi connectivity index (χ0) is 17.5. The first-order chi connectivity index (χ1) is 11.2. The molecule has 0 amide bonds. The van der Waals surface area contributed by atoms with Crippen molar-refractivity contribution in [2.24, 2.45) is 5.92 Å². The fourth-order valence-electron chi connectivity index (χ4n) is 2.80. The maximum Gasteiger partial charge on any atom is 0.511 e. The van der Waals surface area contributed by atoms with E-state index in [9.17, 15) is 21.6 Å². The van der Waals surface area contributed by atoms with Gasteiger partial charge in [0.25, 0.3) is 0 Å². The van der Waals surface area contributed by atoms with Crippen molar-refractivity contribution < 1.29 is 31.1 Å². The van der Waals surface area contributed by atoms with Crippen LogP contribution in [0.25, 0.3) is 0 Å². The average molecular weight is 430 g/mol. The van der Waals surface area contributed by atoms with E-state index in [4.69, 9.17) is 9.47 Å². The molecule has 0 bridgehead atoms. The molecule has 1 aromatic carbocycles. The van der Waals surface area contributed by atoms with Gasteiger partial charge in [-0.1, -0.05) is 28.1 Å². The standard InChI is InChI=1S/C14H15BrF3NO4S/c15-11-3-1-2-9(12(11)13-22-4-5-23-13)10-6-8(10)7-19-24(20,21)14(16,17)18/h1-3,8,10,13,19H,4-7H2/t8-,10-/m0/s1. The summed E-state index contributed by atoms with van der Waals surface area (Å²) in [5.41, 5.74) is -3.56. The van der Waals surface area contributed by atoms with Crippen LogP contribution in [-0.2, 0) is 19.5 Å². The molecule has 1 saturated heterocycles. The largest absolute Gasteiger partial charge is 0.511 e. The van der Waals surface area contributed by atoms with Crippen LogP contribution in [-0.4, -0.2) is 33.7 Å². The Kier molecular flexibility index (Phi) is 4.95. The summed E-state index contributed by atoms with van der Waals surface area (Å²) >= 11 is 3.45. The lowest BCUT2D eigenvalue weighted by Gasteiger charge is -2.17. The van der Waals surface area contributed by atoms with E-state index in [1.165, 1.54) is 0 Å². The molecule has 1 aliphatic carbocycles. The van der Waals surface area contributed by atoms with Gasteiger partial charge in [-0.15, -0.1) is 0 Å². The fourth-order valence-corrected chi connectivity index (χ4v) is 3.97. The molecule has 1 aromatic rings. The molecule has 0 radical (unpaired) electrons. The van der Waals surface area contributed by atoms with Crippen molar-refractivity contribution in [1.82, 2.24) is 4.72 Å². The van der Waals surface area contributed by atoms with Crippen LogP contribution in [0.5, 0.6) is 0 Å². The Morgan fingerprint density at radius 2 is 1.92 bits per heavy atom. The second kappa shape index (κ2) is 6.56. The van der Waals surface area contributed by atoms with Gasteiger partial charge in [-0.05, 0) is 29.9 Å². The minimum Gasteiger partial charge on any atom is -0.346 e. The Labute approximate surface area is 145 Å². The number of rotatable bonds is 5. The average Bonchev–Trinajstić information content (AvgIpc) is 3.07. The van der Waals surface area contributed by atoms with Crippen LogP contribution < -0.4 is 4.72 Å². The molecule has 1 aliphatic heterocycles. The van der Waals surface area contributed by atoms with E-state index in [-0.39, 0.29) is 18.4 Å². The van der Waals surface area contributed by atoms with Crippen LogP contribution in [0.15, 0.2) is 22.7 Å². The van der Waals surface area contributed by atoms with Gasteiger partial charge in [0.05, 0.1) is 13.2 Å². The minimum atomic E-state index is -5.30. The number of hydrogen-bond acceptors (Lipinski definition) is 4. The first kappa shape index (κ1) is 18.1. The molecule has 2 fully saturated rings. The highest BCUT2D eigenvalue weighted by Crippen LogP contribution is 2.51. The topological polar surface area (TPSA) is 64.6 Å². The predicted molar refractivity (Wildman–Crippen MR) is 82.6 cm³/mol. The van der Waals surface area contributed by atoms with Gasteiger partial charge in [-0.25, -0.2) is 13.1 Å². The molecule has 1 heterocycles. The highest BCUT2D eigenvalue weighted by molar-refractivity contribution is 9.10. The number of nitrogens with one attached hydrogen (secondary N) is 1. The Balaban J connectivity index is 1.71. The zero-order valence-electron chi connectivity index (χ0n) is 12.3.